The molecule has 1 aliphatic rings. The van der Waals surface area contributed by atoms with Gasteiger partial charge in [-0.15, -0.1) is 0 Å². The van der Waals surface area contributed by atoms with Crippen molar-refractivity contribution in [3.05, 3.63) is 28.5 Å². The van der Waals surface area contributed by atoms with Crippen molar-refractivity contribution in [2.24, 2.45) is 5.92 Å². The monoisotopic (exact) mass is 280 g/mol. The molecular formula is C15H21ClN2O. The number of aryl methyl sites for hydroxylation is 1. The summed E-state index contributed by atoms with van der Waals surface area (Å²) >= 11 is 6.00. The molecule has 3 nitrogen and oxygen atoms in total. The molecule has 0 bridgehead atoms. The van der Waals surface area contributed by atoms with Gasteiger partial charge in [0.15, 0.2) is 0 Å². The SMILES string of the molecule is CCc1cc(C(=O)N(CC(C)C)C2CC2)cc(Cl)n1. The van der Waals surface area contributed by atoms with Crippen molar-refractivity contribution in [3.63, 3.8) is 0 Å². The quantitative estimate of drug-likeness (QED) is 0.773. The molecule has 0 saturated heterocycles. The Morgan fingerprint density at radius 1 is 1.47 bits per heavy atom. The first-order valence-corrected chi connectivity index (χ1v) is 7.36. The lowest BCUT2D eigenvalue weighted by atomic mass is 10.1. The van der Waals surface area contributed by atoms with Gasteiger partial charge in [0, 0.05) is 23.8 Å². The van der Waals surface area contributed by atoms with Crippen molar-refractivity contribution >= 4 is 17.5 Å². The van der Waals surface area contributed by atoms with E-state index in [0.29, 0.717) is 22.7 Å². The first kappa shape index (κ1) is 14.3. The van der Waals surface area contributed by atoms with Gasteiger partial charge in [-0.2, -0.15) is 0 Å². The fourth-order valence-electron chi connectivity index (χ4n) is 2.20. The third kappa shape index (κ3) is 3.69. The highest BCUT2D eigenvalue weighted by Gasteiger charge is 2.33. The average Bonchev–Trinajstić information content (AvgIpc) is 3.18. The molecule has 104 valence electrons. The zero-order valence-corrected chi connectivity index (χ0v) is 12.6. The summed E-state index contributed by atoms with van der Waals surface area (Å²) in [6, 6.07) is 3.97. The predicted octanol–water partition coefficient (Wildman–Crippen LogP) is 3.56. The van der Waals surface area contributed by atoms with Gasteiger partial charge in [0.2, 0.25) is 0 Å². The summed E-state index contributed by atoms with van der Waals surface area (Å²) in [6.45, 7) is 7.10. The smallest absolute Gasteiger partial charge is 0.254 e. The van der Waals surface area contributed by atoms with E-state index in [1.807, 2.05) is 17.9 Å². The Balaban J connectivity index is 2.23. The van der Waals surface area contributed by atoms with E-state index in [0.717, 1.165) is 31.5 Å². The maximum atomic E-state index is 12.6. The van der Waals surface area contributed by atoms with E-state index in [9.17, 15) is 4.79 Å². The van der Waals surface area contributed by atoms with Gasteiger partial charge in [0.05, 0.1) is 0 Å². The Hall–Kier alpha value is -1.09. The van der Waals surface area contributed by atoms with Crippen LogP contribution in [0.5, 0.6) is 0 Å². The molecule has 4 heteroatoms. The maximum Gasteiger partial charge on any atom is 0.254 e. The number of pyridine rings is 1. The van der Waals surface area contributed by atoms with Crippen LogP contribution in [0.4, 0.5) is 0 Å². The number of rotatable bonds is 5. The minimum absolute atomic E-state index is 0.0928. The van der Waals surface area contributed by atoms with Crippen LogP contribution in [0.2, 0.25) is 5.15 Å². The van der Waals surface area contributed by atoms with E-state index in [-0.39, 0.29) is 5.91 Å². The topological polar surface area (TPSA) is 33.2 Å². The summed E-state index contributed by atoms with van der Waals surface area (Å²) in [5.74, 6) is 0.572. The molecule has 0 spiro atoms. The minimum atomic E-state index is 0.0928. The van der Waals surface area contributed by atoms with Gasteiger partial charge in [-0.05, 0) is 37.3 Å². The fourth-order valence-corrected chi connectivity index (χ4v) is 2.43. The first-order chi connectivity index (χ1) is 9.01. The molecule has 0 aliphatic heterocycles. The van der Waals surface area contributed by atoms with Gasteiger partial charge < -0.3 is 4.90 Å². The fraction of sp³-hybridized carbons (Fsp3) is 0.600. The second-order valence-electron chi connectivity index (χ2n) is 5.61. The second kappa shape index (κ2) is 5.91. The number of hydrogen-bond acceptors (Lipinski definition) is 2. The summed E-state index contributed by atoms with van der Waals surface area (Å²) < 4.78 is 0. The van der Waals surface area contributed by atoms with Gasteiger partial charge in [0.25, 0.3) is 5.91 Å². The van der Waals surface area contributed by atoms with Gasteiger partial charge in [-0.3, -0.25) is 4.79 Å². The van der Waals surface area contributed by atoms with Crippen LogP contribution in [-0.4, -0.2) is 28.4 Å². The number of nitrogens with zero attached hydrogens (tertiary/aromatic N) is 2. The standard InChI is InChI=1S/C15H21ClN2O/c1-4-12-7-11(8-14(16)17-12)15(19)18(9-10(2)3)13-5-6-13/h7-8,10,13H,4-6,9H2,1-3H3. The average molecular weight is 281 g/mol. The zero-order chi connectivity index (χ0) is 14.0. The van der Waals surface area contributed by atoms with Crippen LogP contribution < -0.4 is 0 Å². The highest BCUT2D eigenvalue weighted by atomic mass is 35.5. The van der Waals surface area contributed by atoms with Gasteiger partial charge in [0.1, 0.15) is 5.15 Å². The summed E-state index contributed by atoms with van der Waals surface area (Å²) in [5, 5.41) is 0.406. The van der Waals surface area contributed by atoms with Crippen LogP contribution in [0, 0.1) is 5.92 Å². The lowest BCUT2D eigenvalue weighted by Gasteiger charge is -2.24. The molecule has 2 rings (SSSR count). The molecule has 1 aliphatic carbocycles. The Morgan fingerprint density at radius 2 is 2.16 bits per heavy atom. The molecule has 1 amide bonds. The van der Waals surface area contributed by atoms with E-state index in [1.165, 1.54) is 0 Å². The Bertz CT molecular complexity index is 469. The summed E-state index contributed by atoms with van der Waals surface area (Å²) in [4.78, 5) is 18.8. The van der Waals surface area contributed by atoms with E-state index in [1.54, 1.807) is 6.07 Å². The van der Waals surface area contributed by atoms with E-state index < -0.39 is 0 Å². The van der Waals surface area contributed by atoms with Gasteiger partial charge >= 0.3 is 0 Å². The molecule has 1 aromatic rings. The number of hydrogen-bond donors (Lipinski definition) is 0. The van der Waals surface area contributed by atoms with E-state index in [2.05, 4.69) is 18.8 Å². The van der Waals surface area contributed by atoms with Crippen LogP contribution >= 0.6 is 11.6 Å². The van der Waals surface area contributed by atoms with E-state index >= 15 is 0 Å². The van der Waals surface area contributed by atoms with Crippen LogP contribution in [0.25, 0.3) is 0 Å². The lowest BCUT2D eigenvalue weighted by molar-refractivity contribution is 0.0722. The predicted molar refractivity (Wildman–Crippen MR) is 77.5 cm³/mol. The van der Waals surface area contributed by atoms with Crippen molar-refractivity contribution in [2.75, 3.05) is 6.54 Å². The molecule has 1 fully saturated rings. The summed E-state index contributed by atoms with van der Waals surface area (Å²) in [7, 11) is 0. The third-order valence-corrected chi connectivity index (χ3v) is 3.46. The molecule has 0 atom stereocenters. The normalized spacial score (nSPS) is 14.8. The molecule has 1 heterocycles. The minimum Gasteiger partial charge on any atom is -0.335 e. The lowest BCUT2D eigenvalue weighted by Crippen LogP contribution is -2.36. The van der Waals surface area contributed by atoms with E-state index in [4.69, 9.17) is 11.6 Å². The molecular weight excluding hydrogens is 260 g/mol. The highest BCUT2D eigenvalue weighted by molar-refractivity contribution is 6.29. The number of halogens is 1. The molecule has 19 heavy (non-hydrogen) atoms. The van der Waals surface area contributed by atoms with Crippen LogP contribution in [-0.2, 0) is 6.42 Å². The number of carbonyl (C=O) groups is 1. The van der Waals surface area contributed by atoms with Crippen molar-refractivity contribution in [1.29, 1.82) is 0 Å². The number of amides is 1. The molecule has 0 radical (unpaired) electrons. The van der Waals surface area contributed by atoms with Crippen molar-refractivity contribution in [3.8, 4) is 0 Å². The molecule has 0 aromatic carbocycles. The largest absolute Gasteiger partial charge is 0.335 e. The summed E-state index contributed by atoms with van der Waals surface area (Å²) in [5.41, 5.74) is 1.54. The van der Waals surface area contributed by atoms with Crippen molar-refractivity contribution in [1.82, 2.24) is 9.88 Å². The van der Waals surface area contributed by atoms with Crippen LogP contribution in [0.1, 0.15) is 49.7 Å². The third-order valence-electron chi connectivity index (χ3n) is 3.27. The number of aromatic nitrogens is 1. The summed E-state index contributed by atoms with van der Waals surface area (Å²) in [6.07, 6.45) is 3.03. The van der Waals surface area contributed by atoms with Gasteiger partial charge in [-0.1, -0.05) is 32.4 Å². The highest BCUT2D eigenvalue weighted by Crippen LogP contribution is 2.29. The van der Waals surface area contributed by atoms with Crippen molar-refractivity contribution in [2.45, 2.75) is 46.1 Å². The zero-order valence-electron chi connectivity index (χ0n) is 11.8. The second-order valence-corrected chi connectivity index (χ2v) is 5.99. The first-order valence-electron chi connectivity index (χ1n) is 6.98. The molecule has 0 unspecified atom stereocenters. The number of carbonyl (C=O) groups excluding carboxylic acids is 1. The maximum absolute atomic E-state index is 12.6. The Labute approximate surface area is 120 Å². The Kier molecular flexibility index (Phi) is 4.46. The molecule has 1 saturated carbocycles. The van der Waals surface area contributed by atoms with Crippen LogP contribution in [0.3, 0.4) is 0 Å². The molecule has 0 N–H and O–H groups in total. The Morgan fingerprint density at radius 3 is 2.68 bits per heavy atom. The van der Waals surface area contributed by atoms with Crippen molar-refractivity contribution < 1.29 is 4.79 Å². The van der Waals surface area contributed by atoms with Gasteiger partial charge in [-0.25, -0.2) is 4.98 Å². The van der Waals surface area contributed by atoms with Crippen LogP contribution in [0.15, 0.2) is 12.1 Å². The molecule has 1 aromatic heterocycles.